The number of anilines is 2. The van der Waals surface area contributed by atoms with Crippen LogP contribution in [-0.2, 0) is 0 Å². The van der Waals surface area contributed by atoms with E-state index in [1.54, 1.807) is 6.20 Å². The molecule has 3 N–H and O–H groups in total. The van der Waals surface area contributed by atoms with E-state index in [1.807, 2.05) is 11.8 Å². The Morgan fingerprint density at radius 3 is 2.75 bits per heavy atom. The third-order valence-electron chi connectivity index (χ3n) is 3.09. The Hall–Kier alpha value is -0.970. The smallest absolute Gasteiger partial charge is 0.152 e. The number of rotatable bonds is 3. The highest BCUT2D eigenvalue weighted by Gasteiger charge is 2.20. The van der Waals surface area contributed by atoms with Crippen molar-refractivity contribution in [3.8, 4) is 0 Å². The number of nitrogens with zero attached hydrogens (tertiary/aromatic N) is 2. The maximum Gasteiger partial charge on any atom is 0.152 e. The highest BCUT2D eigenvalue weighted by atomic mass is 32.2. The number of thioether (sulfide) groups is 1. The average molecular weight is 238 g/mol. The quantitative estimate of drug-likeness (QED) is 0.844. The van der Waals surface area contributed by atoms with Crippen molar-refractivity contribution >= 4 is 23.3 Å². The van der Waals surface area contributed by atoms with Gasteiger partial charge in [0.1, 0.15) is 6.33 Å². The van der Waals surface area contributed by atoms with Crippen LogP contribution in [0.2, 0.25) is 0 Å². The van der Waals surface area contributed by atoms with Crippen LogP contribution in [-0.4, -0.2) is 27.5 Å². The van der Waals surface area contributed by atoms with Crippen molar-refractivity contribution in [3.05, 3.63) is 12.5 Å². The van der Waals surface area contributed by atoms with Crippen LogP contribution in [0.5, 0.6) is 0 Å². The maximum atomic E-state index is 5.80. The molecule has 1 fully saturated rings. The van der Waals surface area contributed by atoms with Gasteiger partial charge < -0.3 is 11.1 Å². The van der Waals surface area contributed by atoms with E-state index in [1.165, 1.54) is 32.0 Å². The van der Waals surface area contributed by atoms with Crippen molar-refractivity contribution in [2.45, 2.75) is 37.0 Å². The summed E-state index contributed by atoms with van der Waals surface area (Å²) < 4.78 is 0. The lowest BCUT2D eigenvalue weighted by atomic mass is 9.95. The molecule has 0 spiro atoms. The molecule has 16 heavy (non-hydrogen) atoms. The van der Waals surface area contributed by atoms with Crippen molar-refractivity contribution in [1.29, 1.82) is 0 Å². The van der Waals surface area contributed by atoms with Gasteiger partial charge in [0, 0.05) is 11.3 Å². The molecular formula is C11H18N4S. The molecule has 0 amide bonds. The number of nitrogens with two attached hydrogens (primary N) is 1. The molecule has 2 rings (SSSR count). The third kappa shape index (κ3) is 2.78. The molecule has 1 heterocycles. The highest BCUT2D eigenvalue weighted by Crippen LogP contribution is 2.28. The molecule has 0 atom stereocenters. The van der Waals surface area contributed by atoms with Crippen LogP contribution in [0.3, 0.4) is 0 Å². The zero-order valence-electron chi connectivity index (χ0n) is 9.52. The molecule has 1 aliphatic rings. The Balaban J connectivity index is 1.89. The van der Waals surface area contributed by atoms with Gasteiger partial charge in [-0.1, -0.05) is 0 Å². The van der Waals surface area contributed by atoms with Crippen molar-refractivity contribution in [2.24, 2.45) is 0 Å². The van der Waals surface area contributed by atoms with E-state index < -0.39 is 0 Å². The van der Waals surface area contributed by atoms with E-state index in [0.717, 1.165) is 11.1 Å². The third-order valence-corrected chi connectivity index (χ3v) is 4.23. The highest BCUT2D eigenvalue weighted by molar-refractivity contribution is 7.99. The molecule has 0 radical (unpaired) electrons. The fourth-order valence-electron chi connectivity index (χ4n) is 2.10. The van der Waals surface area contributed by atoms with E-state index >= 15 is 0 Å². The number of nitrogens with one attached hydrogen (secondary N) is 1. The van der Waals surface area contributed by atoms with Gasteiger partial charge in [-0.2, -0.15) is 11.8 Å². The standard InChI is InChI=1S/C11H18N4S/c1-16-9-4-2-8(3-5-9)15-11-10(12)6-13-7-14-11/h6-9H,2-5,12H2,1H3,(H,13,14,15). The normalized spacial score (nSPS) is 25.3. The van der Waals surface area contributed by atoms with Gasteiger partial charge >= 0.3 is 0 Å². The lowest BCUT2D eigenvalue weighted by molar-refractivity contribution is 0.472. The summed E-state index contributed by atoms with van der Waals surface area (Å²) >= 11 is 1.98. The van der Waals surface area contributed by atoms with Crippen LogP contribution in [0.15, 0.2) is 12.5 Å². The summed E-state index contributed by atoms with van der Waals surface area (Å²) in [6.07, 6.45) is 10.3. The Kier molecular flexibility index (Phi) is 3.88. The first-order chi connectivity index (χ1) is 7.79. The molecule has 1 aliphatic carbocycles. The number of hydrogen-bond donors (Lipinski definition) is 2. The van der Waals surface area contributed by atoms with E-state index in [9.17, 15) is 0 Å². The van der Waals surface area contributed by atoms with Gasteiger partial charge in [0.15, 0.2) is 5.82 Å². The minimum atomic E-state index is 0.514. The van der Waals surface area contributed by atoms with Crippen LogP contribution in [0.25, 0.3) is 0 Å². The lowest BCUT2D eigenvalue weighted by Gasteiger charge is -2.28. The summed E-state index contributed by atoms with van der Waals surface area (Å²) in [6.45, 7) is 0. The minimum absolute atomic E-state index is 0.514. The van der Waals surface area contributed by atoms with Gasteiger partial charge in [0.05, 0.1) is 11.9 Å². The minimum Gasteiger partial charge on any atom is -0.394 e. The van der Waals surface area contributed by atoms with Crippen molar-refractivity contribution in [1.82, 2.24) is 9.97 Å². The summed E-state index contributed by atoms with van der Waals surface area (Å²) in [5.41, 5.74) is 6.43. The van der Waals surface area contributed by atoms with Crippen LogP contribution in [0, 0.1) is 0 Å². The van der Waals surface area contributed by atoms with Gasteiger partial charge in [-0.25, -0.2) is 9.97 Å². The first kappa shape index (κ1) is 11.5. The predicted octanol–water partition coefficient (Wildman–Crippen LogP) is 2.14. The molecule has 0 aromatic carbocycles. The monoisotopic (exact) mass is 238 g/mol. The number of hydrogen-bond acceptors (Lipinski definition) is 5. The molecule has 1 saturated carbocycles. The molecule has 0 saturated heterocycles. The second-order valence-electron chi connectivity index (χ2n) is 4.18. The fraction of sp³-hybridized carbons (Fsp3) is 0.636. The summed E-state index contributed by atoms with van der Waals surface area (Å²) in [5, 5.41) is 4.24. The van der Waals surface area contributed by atoms with Crippen LogP contribution >= 0.6 is 11.8 Å². The summed E-state index contributed by atoms with van der Waals surface area (Å²) in [5.74, 6) is 0.780. The van der Waals surface area contributed by atoms with E-state index in [-0.39, 0.29) is 0 Å². The lowest BCUT2D eigenvalue weighted by Crippen LogP contribution is -2.27. The van der Waals surface area contributed by atoms with Gasteiger partial charge in [0.2, 0.25) is 0 Å². The summed E-state index contributed by atoms with van der Waals surface area (Å²) in [6, 6.07) is 0.514. The van der Waals surface area contributed by atoms with Gasteiger partial charge in [-0.3, -0.25) is 0 Å². The first-order valence-corrected chi connectivity index (χ1v) is 6.93. The van der Waals surface area contributed by atoms with Gasteiger partial charge in [0.25, 0.3) is 0 Å². The largest absolute Gasteiger partial charge is 0.394 e. The summed E-state index contributed by atoms with van der Waals surface area (Å²) in [7, 11) is 0. The molecule has 5 heteroatoms. The average Bonchev–Trinajstić information content (AvgIpc) is 2.33. The molecular weight excluding hydrogens is 220 g/mol. The second kappa shape index (κ2) is 5.39. The molecule has 4 nitrogen and oxygen atoms in total. The number of nitrogen functional groups attached to an aromatic ring is 1. The van der Waals surface area contributed by atoms with E-state index in [4.69, 9.17) is 5.73 Å². The fourth-order valence-corrected chi connectivity index (χ4v) is 2.84. The van der Waals surface area contributed by atoms with E-state index in [2.05, 4.69) is 21.5 Å². The Labute approximate surface area is 100 Å². The zero-order chi connectivity index (χ0) is 11.4. The topological polar surface area (TPSA) is 63.8 Å². The van der Waals surface area contributed by atoms with Crippen LogP contribution in [0.1, 0.15) is 25.7 Å². The van der Waals surface area contributed by atoms with E-state index in [0.29, 0.717) is 11.7 Å². The molecule has 0 aliphatic heterocycles. The first-order valence-electron chi connectivity index (χ1n) is 5.64. The molecule has 1 aromatic rings. The Morgan fingerprint density at radius 1 is 1.38 bits per heavy atom. The molecule has 1 aromatic heterocycles. The van der Waals surface area contributed by atoms with Crippen molar-refractivity contribution < 1.29 is 0 Å². The predicted molar refractivity (Wildman–Crippen MR) is 69.6 cm³/mol. The van der Waals surface area contributed by atoms with Gasteiger partial charge in [-0.15, -0.1) is 0 Å². The van der Waals surface area contributed by atoms with Crippen molar-refractivity contribution in [2.75, 3.05) is 17.3 Å². The zero-order valence-corrected chi connectivity index (χ0v) is 10.3. The van der Waals surface area contributed by atoms with Crippen LogP contribution < -0.4 is 11.1 Å². The molecule has 0 bridgehead atoms. The Bertz CT molecular complexity index is 337. The molecule has 0 unspecified atom stereocenters. The Morgan fingerprint density at radius 2 is 2.12 bits per heavy atom. The number of aromatic nitrogens is 2. The molecule has 88 valence electrons. The van der Waals surface area contributed by atoms with Crippen molar-refractivity contribution in [3.63, 3.8) is 0 Å². The maximum absolute atomic E-state index is 5.80. The summed E-state index contributed by atoms with van der Waals surface area (Å²) in [4.78, 5) is 8.04. The second-order valence-corrected chi connectivity index (χ2v) is 5.32. The SMILES string of the molecule is CSC1CCC(Nc2ncncc2N)CC1. The van der Waals surface area contributed by atoms with Crippen LogP contribution in [0.4, 0.5) is 11.5 Å². The van der Waals surface area contributed by atoms with Gasteiger partial charge in [-0.05, 0) is 31.9 Å².